The van der Waals surface area contributed by atoms with Crippen LogP contribution < -0.4 is 4.74 Å². The second-order valence-corrected chi connectivity index (χ2v) is 6.82. The minimum absolute atomic E-state index is 0.194. The molecule has 1 heterocycles. The number of nitrogens with zero attached hydrogens (tertiary/aromatic N) is 1. The molecule has 0 radical (unpaired) electrons. The second-order valence-electron chi connectivity index (χ2n) is 6.82. The number of likely N-dealkylation sites (N-methyl/N-ethyl adjacent to an activating group) is 1. The number of rotatable bonds is 7. The predicted octanol–water partition coefficient (Wildman–Crippen LogP) is 4.15. The zero-order valence-corrected chi connectivity index (χ0v) is 15.0. The van der Waals surface area contributed by atoms with Gasteiger partial charge in [-0.25, -0.2) is 4.39 Å². The Morgan fingerprint density at radius 2 is 1.96 bits per heavy atom. The monoisotopic (exact) mass is 343 g/mol. The molecular weight excluding hydrogens is 317 g/mol. The number of hydrogen-bond donors (Lipinski definition) is 0. The van der Waals surface area contributed by atoms with Crippen molar-refractivity contribution in [3.8, 4) is 16.9 Å². The maximum Gasteiger partial charge on any atom is 0.123 e. The Bertz CT molecular complexity index is 679. The van der Waals surface area contributed by atoms with Crippen molar-refractivity contribution in [1.29, 1.82) is 0 Å². The third-order valence-electron chi connectivity index (χ3n) is 4.51. The average Bonchev–Trinajstić information content (AvgIpc) is 3.09. The van der Waals surface area contributed by atoms with Gasteiger partial charge in [0.25, 0.3) is 0 Å². The highest BCUT2D eigenvalue weighted by Crippen LogP contribution is 2.29. The molecule has 0 unspecified atom stereocenters. The summed E-state index contributed by atoms with van der Waals surface area (Å²) in [5.74, 6) is 0.661. The molecule has 0 N–H and O–H groups in total. The van der Waals surface area contributed by atoms with Crippen LogP contribution in [0.3, 0.4) is 0 Å². The Hall–Kier alpha value is -1.91. The van der Waals surface area contributed by atoms with Crippen LogP contribution in [0.15, 0.2) is 42.5 Å². The molecule has 134 valence electrons. The topological polar surface area (TPSA) is 21.7 Å². The molecule has 1 aliphatic rings. The molecule has 0 saturated carbocycles. The van der Waals surface area contributed by atoms with Crippen LogP contribution in [0.1, 0.15) is 18.4 Å². The first-order chi connectivity index (χ1) is 12.1. The summed E-state index contributed by atoms with van der Waals surface area (Å²) in [5.41, 5.74) is 3.15. The van der Waals surface area contributed by atoms with E-state index < -0.39 is 0 Å². The molecular formula is C21H26FNO2. The summed E-state index contributed by atoms with van der Waals surface area (Å²) in [4.78, 5) is 2.09. The first-order valence-electron chi connectivity index (χ1n) is 8.90. The summed E-state index contributed by atoms with van der Waals surface area (Å²) < 4.78 is 25.2. The third kappa shape index (κ3) is 5.03. The fourth-order valence-electron chi connectivity index (χ4n) is 3.14. The summed E-state index contributed by atoms with van der Waals surface area (Å²) in [6.45, 7) is 2.35. The fraction of sp³-hybridized carbons (Fsp3) is 0.429. The van der Waals surface area contributed by atoms with Gasteiger partial charge in [-0.05, 0) is 74.3 Å². The predicted molar refractivity (Wildman–Crippen MR) is 98.6 cm³/mol. The SMILES string of the molecule is CN(C)CCOc1ccc(-c2ccc(F)cc2C[C@@H]2CCCO2)cc1. The quantitative estimate of drug-likeness (QED) is 0.754. The third-order valence-corrected chi connectivity index (χ3v) is 4.51. The van der Waals surface area contributed by atoms with Crippen LogP contribution in [-0.2, 0) is 11.2 Å². The first kappa shape index (κ1) is 17.9. The molecule has 0 aliphatic carbocycles. The maximum atomic E-state index is 13.7. The lowest BCUT2D eigenvalue weighted by atomic mass is 9.95. The van der Waals surface area contributed by atoms with Crippen molar-refractivity contribution in [2.24, 2.45) is 0 Å². The van der Waals surface area contributed by atoms with E-state index in [0.717, 1.165) is 54.9 Å². The lowest BCUT2D eigenvalue weighted by Gasteiger charge is -2.15. The average molecular weight is 343 g/mol. The van der Waals surface area contributed by atoms with Gasteiger partial charge in [0.2, 0.25) is 0 Å². The summed E-state index contributed by atoms with van der Waals surface area (Å²) in [7, 11) is 4.05. The zero-order valence-electron chi connectivity index (χ0n) is 15.0. The van der Waals surface area contributed by atoms with Crippen LogP contribution in [-0.4, -0.2) is 44.9 Å². The minimum atomic E-state index is -0.194. The van der Waals surface area contributed by atoms with Gasteiger partial charge in [-0.3, -0.25) is 0 Å². The summed E-state index contributed by atoms with van der Waals surface area (Å²) in [6.07, 6.45) is 3.10. The van der Waals surface area contributed by atoms with Crippen molar-refractivity contribution in [3.05, 3.63) is 53.8 Å². The van der Waals surface area contributed by atoms with E-state index in [1.807, 2.05) is 44.4 Å². The van der Waals surface area contributed by atoms with Crippen molar-refractivity contribution >= 4 is 0 Å². The normalized spacial score (nSPS) is 17.2. The van der Waals surface area contributed by atoms with E-state index in [-0.39, 0.29) is 11.9 Å². The highest BCUT2D eigenvalue weighted by Gasteiger charge is 2.18. The second kappa shape index (κ2) is 8.45. The first-order valence-corrected chi connectivity index (χ1v) is 8.90. The van der Waals surface area contributed by atoms with Gasteiger partial charge in [0.05, 0.1) is 6.10 Å². The van der Waals surface area contributed by atoms with Crippen molar-refractivity contribution in [2.45, 2.75) is 25.4 Å². The molecule has 0 amide bonds. The zero-order chi connectivity index (χ0) is 17.6. The van der Waals surface area contributed by atoms with Gasteiger partial charge in [-0.1, -0.05) is 18.2 Å². The lowest BCUT2D eigenvalue weighted by molar-refractivity contribution is 0.111. The van der Waals surface area contributed by atoms with Gasteiger partial charge in [-0.15, -0.1) is 0 Å². The van der Waals surface area contributed by atoms with E-state index in [2.05, 4.69) is 4.90 Å². The molecule has 3 nitrogen and oxygen atoms in total. The molecule has 1 atom stereocenters. The molecule has 0 aromatic heterocycles. The minimum Gasteiger partial charge on any atom is -0.492 e. The van der Waals surface area contributed by atoms with Gasteiger partial charge in [0, 0.05) is 13.2 Å². The number of halogens is 1. The lowest BCUT2D eigenvalue weighted by Crippen LogP contribution is -2.19. The molecule has 0 bridgehead atoms. The van der Waals surface area contributed by atoms with Crippen LogP contribution in [0.5, 0.6) is 5.75 Å². The van der Waals surface area contributed by atoms with Gasteiger partial charge in [0.1, 0.15) is 18.2 Å². The highest BCUT2D eigenvalue weighted by atomic mass is 19.1. The summed E-state index contributed by atoms with van der Waals surface area (Å²) in [6, 6.07) is 13.1. The van der Waals surface area contributed by atoms with Crippen LogP contribution in [0.4, 0.5) is 4.39 Å². The van der Waals surface area contributed by atoms with Gasteiger partial charge < -0.3 is 14.4 Å². The van der Waals surface area contributed by atoms with E-state index in [1.165, 1.54) is 6.07 Å². The van der Waals surface area contributed by atoms with Crippen molar-refractivity contribution in [2.75, 3.05) is 33.9 Å². The Balaban J connectivity index is 1.74. The standard InChI is InChI=1S/C21H26FNO2/c1-23(2)11-13-25-19-8-5-16(6-9-19)21-10-7-18(22)14-17(21)15-20-4-3-12-24-20/h5-10,14,20H,3-4,11-13,15H2,1-2H3/t20-/m0/s1. The van der Waals surface area contributed by atoms with Crippen LogP contribution in [0.25, 0.3) is 11.1 Å². The number of hydrogen-bond acceptors (Lipinski definition) is 3. The Kier molecular flexibility index (Phi) is 6.05. The van der Waals surface area contributed by atoms with Crippen LogP contribution >= 0.6 is 0 Å². The molecule has 0 spiro atoms. The number of ether oxygens (including phenoxy) is 2. The van der Waals surface area contributed by atoms with Crippen LogP contribution in [0.2, 0.25) is 0 Å². The molecule has 3 rings (SSSR count). The Labute approximate surface area is 149 Å². The molecule has 2 aromatic carbocycles. The summed E-state index contributed by atoms with van der Waals surface area (Å²) >= 11 is 0. The van der Waals surface area contributed by atoms with E-state index in [4.69, 9.17) is 9.47 Å². The molecule has 1 saturated heterocycles. The highest BCUT2D eigenvalue weighted by molar-refractivity contribution is 5.68. The van der Waals surface area contributed by atoms with E-state index in [1.54, 1.807) is 6.07 Å². The van der Waals surface area contributed by atoms with E-state index in [0.29, 0.717) is 6.61 Å². The van der Waals surface area contributed by atoms with E-state index >= 15 is 0 Å². The molecule has 4 heteroatoms. The Morgan fingerprint density at radius 1 is 1.16 bits per heavy atom. The Morgan fingerprint density at radius 3 is 2.64 bits per heavy atom. The van der Waals surface area contributed by atoms with Crippen LogP contribution in [0, 0.1) is 5.82 Å². The molecule has 25 heavy (non-hydrogen) atoms. The summed E-state index contributed by atoms with van der Waals surface area (Å²) in [5, 5.41) is 0. The van der Waals surface area contributed by atoms with Gasteiger partial charge in [0.15, 0.2) is 0 Å². The number of benzene rings is 2. The molecule has 1 aliphatic heterocycles. The van der Waals surface area contributed by atoms with Gasteiger partial charge in [-0.2, -0.15) is 0 Å². The van der Waals surface area contributed by atoms with Crippen molar-refractivity contribution < 1.29 is 13.9 Å². The smallest absolute Gasteiger partial charge is 0.123 e. The van der Waals surface area contributed by atoms with E-state index in [9.17, 15) is 4.39 Å². The van der Waals surface area contributed by atoms with Gasteiger partial charge >= 0.3 is 0 Å². The van der Waals surface area contributed by atoms with Crippen molar-refractivity contribution in [3.63, 3.8) is 0 Å². The fourth-order valence-corrected chi connectivity index (χ4v) is 3.14. The maximum absolute atomic E-state index is 13.7. The molecule has 1 fully saturated rings. The van der Waals surface area contributed by atoms with Crippen molar-refractivity contribution in [1.82, 2.24) is 4.90 Å². The molecule has 2 aromatic rings. The largest absolute Gasteiger partial charge is 0.492 e.